The second-order valence-corrected chi connectivity index (χ2v) is 7.53. The molecule has 1 heterocycles. The minimum Gasteiger partial charge on any atom is -0.379 e. The molecule has 0 aromatic carbocycles. The van der Waals surface area contributed by atoms with E-state index in [1.165, 1.54) is 25.9 Å². The molecule has 0 unspecified atom stereocenters. The summed E-state index contributed by atoms with van der Waals surface area (Å²) in [7, 11) is 2.20. The first-order chi connectivity index (χ1) is 15.2. The zero-order chi connectivity index (χ0) is 22.8. The van der Waals surface area contributed by atoms with Crippen molar-refractivity contribution in [3.8, 4) is 0 Å². The molecule has 2 N–H and O–H groups in total. The van der Waals surface area contributed by atoms with Crippen molar-refractivity contribution in [2.24, 2.45) is 11.7 Å². The van der Waals surface area contributed by atoms with Gasteiger partial charge >= 0.3 is 0 Å². The first-order valence-electron chi connectivity index (χ1n) is 11.7. The van der Waals surface area contributed by atoms with E-state index in [4.69, 9.17) is 34.2 Å². The van der Waals surface area contributed by atoms with Gasteiger partial charge in [0.05, 0.1) is 79.3 Å². The average molecular weight is 449 g/mol. The van der Waals surface area contributed by atoms with E-state index >= 15 is 0 Å². The number of rotatable bonds is 20. The maximum absolute atomic E-state index is 5.37. The SMILES string of the molecule is C=CCCOCCOCCOCCOCCOCCOCCN.CC1CCN(C)CC1. The van der Waals surface area contributed by atoms with E-state index in [1.807, 2.05) is 6.08 Å². The van der Waals surface area contributed by atoms with Gasteiger partial charge in [-0.05, 0) is 45.3 Å². The fraction of sp³-hybridized carbons (Fsp3) is 0.913. The van der Waals surface area contributed by atoms with E-state index in [0.717, 1.165) is 12.3 Å². The van der Waals surface area contributed by atoms with E-state index in [1.54, 1.807) is 0 Å². The normalized spacial score (nSPS) is 14.9. The molecule has 1 saturated heterocycles. The number of likely N-dealkylation sites (tertiary alicyclic amines) is 1. The molecule has 0 aromatic heterocycles. The molecule has 0 aromatic rings. The second kappa shape index (κ2) is 25.7. The van der Waals surface area contributed by atoms with Gasteiger partial charge in [0.15, 0.2) is 0 Å². The molecule has 0 saturated carbocycles. The van der Waals surface area contributed by atoms with Crippen molar-refractivity contribution >= 4 is 0 Å². The van der Waals surface area contributed by atoms with Gasteiger partial charge in [-0.1, -0.05) is 13.0 Å². The van der Waals surface area contributed by atoms with Gasteiger partial charge in [-0.3, -0.25) is 0 Å². The molecule has 8 nitrogen and oxygen atoms in total. The van der Waals surface area contributed by atoms with Crippen molar-refractivity contribution in [1.82, 2.24) is 4.90 Å². The Labute approximate surface area is 190 Å². The van der Waals surface area contributed by atoms with Crippen LogP contribution < -0.4 is 5.73 Å². The summed E-state index contributed by atoms with van der Waals surface area (Å²) in [4.78, 5) is 2.40. The molecule has 1 aliphatic heterocycles. The molecule has 1 aliphatic rings. The standard InChI is InChI=1S/C16H33NO6.C7H15N/c1-2-3-5-18-7-9-20-11-13-22-15-16-23-14-12-21-10-8-19-6-4-17;1-7-3-5-8(2)6-4-7/h2H,1,3-17H2;7H,3-6H2,1-2H3. The van der Waals surface area contributed by atoms with Crippen LogP contribution >= 0.6 is 0 Å². The van der Waals surface area contributed by atoms with Crippen LogP contribution in [0.2, 0.25) is 0 Å². The van der Waals surface area contributed by atoms with Crippen molar-refractivity contribution < 1.29 is 28.4 Å². The van der Waals surface area contributed by atoms with Crippen LogP contribution in [0.4, 0.5) is 0 Å². The van der Waals surface area contributed by atoms with Crippen LogP contribution in [0, 0.1) is 5.92 Å². The first-order valence-corrected chi connectivity index (χ1v) is 11.7. The van der Waals surface area contributed by atoms with Crippen LogP contribution in [0.1, 0.15) is 26.2 Å². The Balaban J connectivity index is 0.000000929. The van der Waals surface area contributed by atoms with Crippen molar-refractivity contribution in [3.63, 3.8) is 0 Å². The van der Waals surface area contributed by atoms with Crippen LogP contribution in [0.15, 0.2) is 12.7 Å². The molecular weight excluding hydrogens is 400 g/mol. The summed E-state index contributed by atoms with van der Waals surface area (Å²) in [6.45, 7) is 16.1. The Hall–Kier alpha value is -0.580. The summed E-state index contributed by atoms with van der Waals surface area (Å²) in [5, 5.41) is 0. The Bertz CT molecular complexity index is 345. The summed E-state index contributed by atoms with van der Waals surface area (Å²) in [5.41, 5.74) is 5.29. The maximum Gasteiger partial charge on any atom is 0.0701 e. The number of piperidine rings is 1. The summed E-state index contributed by atoms with van der Waals surface area (Å²) in [5.74, 6) is 0.978. The quantitative estimate of drug-likeness (QED) is 0.224. The second-order valence-electron chi connectivity index (χ2n) is 7.53. The molecule has 0 spiro atoms. The minimum atomic E-state index is 0.539. The lowest BCUT2D eigenvalue weighted by molar-refractivity contribution is -0.0162. The van der Waals surface area contributed by atoms with Crippen LogP contribution in [-0.2, 0) is 28.4 Å². The zero-order valence-electron chi connectivity index (χ0n) is 20.1. The van der Waals surface area contributed by atoms with Crippen LogP contribution in [-0.4, -0.2) is 111 Å². The lowest BCUT2D eigenvalue weighted by atomic mass is 10.00. The van der Waals surface area contributed by atoms with E-state index < -0.39 is 0 Å². The molecule has 1 fully saturated rings. The van der Waals surface area contributed by atoms with Crippen molar-refractivity contribution in [1.29, 1.82) is 0 Å². The first kappa shape index (κ1) is 30.4. The molecule has 0 aliphatic carbocycles. The number of hydrogen-bond acceptors (Lipinski definition) is 8. The Morgan fingerprint density at radius 2 is 1.06 bits per heavy atom. The Morgan fingerprint density at radius 1 is 0.710 bits per heavy atom. The van der Waals surface area contributed by atoms with Gasteiger partial charge in [0.2, 0.25) is 0 Å². The highest BCUT2D eigenvalue weighted by Crippen LogP contribution is 2.13. The van der Waals surface area contributed by atoms with Crippen LogP contribution in [0.3, 0.4) is 0 Å². The van der Waals surface area contributed by atoms with Crippen molar-refractivity contribution in [2.45, 2.75) is 26.2 Å². The lowest BCUT2D eigenvalue weighted by Gasteiger charge is -2.26. The van der Waals surface area contributed by atoms with Gasteiger partial charge in [-0.15, -0.1) is 6.58 Å². The summed E-state index contributed by atoms with van der Waals surface area (Å²) in [6.07, 6.45) is 5.50. The zero-order valence-corrected chi connectivity index (χ0v) is 20.1. The van der Waals surface area contributed by atoms with Gasteiger partial charge in [-0.2, -0.15) is 0 Å². The smallest absolute Gasteiger partial charge is 0.0701 e. The number of ether oxygens (including phenoxy) is 6. The van der Waals surface area contributed by atoms with E-state index in [0.29, 0.717) is 85.8 Å². The molecular formula is C23H48N2O6. The van der Waals surface area contributed by atoms with Gasteiger partial charge in [0.1, 0.15) is 0 Å². The number of nitrogens with zero attached hydrogens (tertiary/aromatic N) is 1. The monoisotopic (exact) mass is 448 g/mol. The fourth-order valence-corrected chi connectivity index (χ4v) is 2.59. The third-order valence-corrected chi connectivity index (χ3v) is 4.60. The van der Waals surface area contributed by atoms with Gasteiger partial charge in [0.25, 0.3) is 0 Å². The highest BCUT2D eigenvalue weighted by Gasteiger charge is 2.10. The summed E-state index contributed by atoms with van der Waals surface area (Å²) < 4.78 is 31.9. The van der Waals surface area contributed by atoms with E-state index in [9.17, 15) is 0 Å². The number of nitrogens with two attached hydrogens (primary N) is 1. The lowest BCUT2D eigenvalue weighted by Crippen LogP contribution is -2.28. The molecule has 0 atom stereocenters. The summed E-state index contributed by atoms with van der Waals surface area (Å²) in [6, 6.07) is 0. The molecule has 186 valence electrons. The van der Waals surface area contributed by atoms with Crippen LogP contribution in [0.25, 0.3) is 0 Å². The maximum atomic E-state index is 5.37. The molecule has 8 heteroatoms. The average Bonchev–Trinajstić information content (AvgIpc) is 2.78. The molecule has 0 bridgehead atoms. The van der Waals surface area contributed by atoms with Gasteiger partial charge in [-0.25, -0.2) is 0 Å². The Morgan fingerprint density at radius 3 is 1.39 bits per heavy atom. The highest BCUT2D eigenvalue weighted by molar-refractivity contribution is 4.65. The van der Waals surface area contributed by atoms with Gasteiger partial charge in [0, 0.05) is 6.54 Å². The predicted molar refractivity (Wildman–Crippen MR) is 125 cm³/mol. The third-order valence-electron chi connectivity index (χ3n) is 4.60. The van der Waals surface area contributed by atoms with Crippen LogP contribution in [0.5, 0.6) is 0 Å². The minimum absolute atomic E-state index is 0.539. The predicted octanol–water partition coefficient (Wildman–Crippen LogP) is 1.97. The largest absolute Gasteiger partial charge is 0.379 e. The van der Waals surface area contributed by atoms with Gasteiger partial charge < -0.3 is 39.1 Å². The van der Waals surface area contributed by atoms with Crippen molar-refractivity contribution in [3.05, 3.63) is 12.7 Å². The Kier molecular flexibility index (Phi) is 25.2. The highest BCUT2D eigenvalue weighted by atomic mass is 16.6. The fourth-order valence-electron chi connectivity index (χ4n) is 2.59. The molecule has 0 amide bonds. The molecule has 1 rings (SSSR count). The molecule has 31 heavy (non-hydrogen) atoms. The van der Waals surface area contributed by atoms with Crippen molar-refractivity contribution in [2.75, 3.05) is 106 Å². The number of hydrogen-bond donors (Lipinski definition) is 1. The van der Waals surface area contributed by atoms with E-state index in [2.05, 4.69) is 25.5 Å². The molecule has 0 radical (unpaired) electrons. The topological polar surface area (TPSA) is 84.6 Å². The summed E-state index contributed by atoms with van der Waals surface area (Å²) >= 11 is 0. The third kappa shape index (κ3) is 25.6. The van der Waals surface area contributed by atoms with E-state index in [-0.39, 0.29) is 0 Å².